The van der Waals surface area contributed by atoms with Crippen molar-refractivity contribution in [2.75, 3.05) is 24.7 Å². The number of aromatic nitrogens is 3. The SMILES string of the molecule is CCOC(=O)c1nnn(CCCOc2ccc(N)cc2)c1N. The van der Waals surface area contributed by atoms with Gasteiger partial charge in [-0.3, -0.25) is 0 Å². The van der Waals surface area contributed by atoms with Crippen molar-refractivity contribution in [1.29, 1.82) is 0 Å². The number of nitrogen functional groups attached to an aromatic ring is 2. The second-order valence-electron chi connectivity index (χ2n) is 4.54. The van der Waals surface area contributed by atoms with Crippen molar-refractivity contribution in [3.63, 3.8) is 0 Å². The van der Waals surface area contributed by atoms with Crippen molar-refractivity contribution in [2.24, 2.45) is 0 Å². The lowest BCUT2D eigenvalue weighted by molar-refractivity contribution is 0.0520. The van der Waals surface area contributed by atoms with Crippen molar-refractivity contribution in [3.05, 3.63) is 30.0 Å². The van der Waals surface area contributed by atoms with Crippen molar-refractivity contribution >= 4 is 17.5 Å². The lowest BCUT2D eigenvalue weighted by Gasteiger charge is -2.07. The average Bonchev–Trinajstić information content (AvgIpc) is 2.87. The summed E-state index contributed by atoms with van der Waals surface area (Å²) in [6, 6.07) is 7.16. The summed E-state index contributed by atoms with van der Waals surface area (Å²) in [5.74, 6) is 0.378. The Kier molecular flexibility index (Phi) is 5.18. The molecular formula is C14H19N5O3. The number of benzene rings is 1. The number of hydrogen-bond acceptors (Lipinski definition) is 7. The molecule has 0 bridgehead atoms. The summed E-state index contributed by atoms with van der Waals surface area (Å²) < 4.78 is 11.9. The van der Waals surface area contributed by atoms with E-state index in [0.717, 1.165) is 5.75 Å². The van der Waals surface area contributed by atoms with Crippen LogP contribution in [0.2, 0.25) is 0 Å². The molecule has 8 heteroatoms. The molecular weight excluding hydrogens is 286 g/mol. The van der Waals surface area contributed by atoms with E-state index in [4.69, 9.17) is 20.9 Å². The number of rotatable bonds is 7. The van der Waals surface area contributed by atoms with Crippen LogP contribution in [0.25, 0.3) is 0 Å². The van der Waals surface area contributed by atoms with E-state index in [1.165, 1.54) is 4.68 Å². The van der Waals surface area contributed by atoms with Crippen LogP contribution in [0.15, 0.2) is 24.3 Å². The summed E-state index contributed by atoms with van der Waals surface area (Å²) in [5.41, 5.74) is 12.2. The highest BCUT2D eigenvalue weighted by Gasteiger charge is 2.18. The summed E-state index contributed by atoms with van der Waals surface area (Å²) in [5, 5.41) is 7.58. The van der Waals surface area contributed by atoms with Crippen LogP contribution in [-0.2, 0) is 11.3 Å². The molecule has 0 radical (unpaired) electrons. The van der Waals surface area contributed by atoms with Crippen LogP contribution >= 0.6 is 0 Å². The normalized spacial score (nSPS) is 10.4. The molecule has 118 valence electrons. The highest BCUT2D eigenvalue weighted by atomic mass is 16.5. The van der Waals surface area contributed by atoms with Gasteiger partial charge in [0.25, 0.3) is 0 Å². The van der Waals surface area contributed by atoms with Gasteiger partial charge in [0, 0.05) is 18.7 Å². The Balaban J connectivity index is 1.82. The highest BCUT2D eigenvalue weighted by molar-refractivity contribution is 5.91. The molecule has 0 amide bonds. The zero-order valence-corrected chi connectivity index (χ0v) is 12.4. The maximum Gasteiger partial charge on any atom is 0.362 e. The molecule has 0 spiro atoms. The van der Waals surface area contributed by atoms with Gasteiger partial charge in [-0.2, -0.15) is 0 Å². The number of ether oxygens (including phenoxy) is 2. The number of nitrogens with zero attached hydrogens (tertiary/aromatic N) is 3. The van der Waals surface area contributed by atoms with E-state index < -0.39 is 5.97 Å². The topological polar surface area (TPSA) is 118 Å². The minimum absolute atomic E-state index is 0.0429. The van der Waals surface area contributed by atoms with Crippen LogP contribution in [0.1, 0.15) is 23.8 Å². The van der Waals surface area contributed by atoms with Crippen LogP contribution in [0.3, 0.4) is 0 Å². The first-order chi connectivity index (χ1) is 10.6. The van der Waals surface area contributed by atoms with Crippen molar-refractivity contribution in [3.8, 4) is 5.75 Å². The maximum absolute atomic E-state index is 11.6. The number of esters is 1. The Bertz CT molecular complexity index is 624. The van der Waals surface area contributed by atoms with Gasteiger partial charge in [0.1, 0.15) is 5.75 Å². The van der Waals surface area contributed by atoms with Gasteiger partial charge in [-0.15, -0.1) is 5.10 Å². The molecule has 1 aromatic heterocycles. The third-order valence-electron chi connectivity index (χ3n) is 2.91. The third kappa shape index (κ3) is 3.87. The first kappa shape index (κ1) is 15.6. The number of carbonyl (C=O) groups excluding carboxylic acids is 1. The number of anilines is 2. The second-order valence-corrected chi connectivity index (χ2v) is 4.54. The number of carbonyl (C=O) groups is 1. The molecule has 2 rings (SSSR count). The minimum Gasteiger partial charge on any atom is -0.494 e. The Morgan fingerprint density at radius 1 is 1.27 bits per heavy atom. The predicted octanol–water partition coefficient (Wildman–Crippen LogP) is 1.09. The monoisotopic (exact) mass is 305 g/mol. The molecule has 0 saturated heterocycles. The number of hydrogen-bond donors (Lipinski definition) is 2. The molecule has 0 unspecified atom stereocenters. The van der Waals surface area contributed by atoms with Gasteiger partial charge >= 0.3 is 5.97 Å². The maximum atomic E-state index is 11.6. The van der Waals surface area contributed by atoms with Crippen molar-refractivity contribution in [2.45, 2.75) is 19.9 Å². The van der Waals surface area contributed by atoms with Gasteiger partial charge < -0.3 is 20.9 Å². The molecule has 0 fully saturated rings. The van der Waals surface area contributed by atoms with Crippen molar-refractivity contribution in [1.82, 2.24) is 15.0 Å². The molecule has 1 heterocycles. The predicted molar refractivity (Wildman–Crippen MR) is 81.4 cm³/mol. The average molecular weight is 305 g/mol. The lowest BCUT2D eigenvalue weighted by Crippen LogP contribution is -2.11. The van der Waals surface area contributed by atoms with Crippen LogP contribution in [-0.4, -0.2) is 34.2 Å². The van der Waals surface area contributed by atoms with Gasteiger partial charge in [0.2, 0.25) is 5.69 Å². The van der Waals surface area contributed by atoms with E-state index in [9.17, 15) is 4.79 Å². The zero-order valence-electron chi connectivity index (χ0n) is 12.4. The molecule has 0 atom stereocenters. The van der Waals surface area contributed by atoms with E-state index in [0.29, 0.717) is 25.3 Å². The fourth-order valence-corrected chi connectivity index (χ4v) is 1.80. The zero-order chi connectivity index (χ0) is 15.9. The smallest absolute Gasteiger partial charge is 0.362 e. The second kappa shape index (κ2) is 7.30. The molecule has 0 aliphatic carbocycles. The minimum atomic E-state index is -0.565. The highest BCUT2D eigenvalue weighted by Crippen LogP contribution is 2.14. The summed E-state index contributed by atoms with van der Waals surface area (Å²) in [6.07, 6.45) is 0.667. The van der Waals surface area contributed by atoms with Gasteiger partial charge in [-0.05, 0) is 31.2 Å². The molecule has 1 aromatic carbocycles. The third-order valence-corrected chi connectivity index (χ3v) is 2.91. The fourth-order valence-electron chi connectivity index (χ4n) is 1.80. The first-order valence-corrected chi connectivity index (χ1v) is 6.96. The number of aryl methyl sites for hydroxylation is 1. The molecule has 0 aliphatic rings. The van der Waals surface area contributed by atoms with Gasteiger partial charge in [0.05, 0.1) is 13.2 Å². The van der Waals surface area contributed by atoms with Crippen LogP contribution in [0.5, 0.6) is 5.75 Å². The van der Waals surface area contributed by atoms with E-state index in [1.807, 2.05) is 0 Å². The Morgan fingerprint density at radius 3 is 2.68 bits per heavy atom. The fraction of sp³-hybridized carbons (Fsp3) is 0.357. The van der Waals surface area contributed by atoms with Gasteiger partial charge in [0.15, 0.2) is 5.82 Å². The van der Waals surface area contributed by atoms with E-state index >= 15 is 0 Å². The summed E-state index contributed by atoms with van der Waals surface area (Å²) in [4.78, 5) is 11.6. The Morgan fingerprint density at radius 2 is 2.00 bits per heavy atom. The molecule has 4 N–H and O–H groups in total. The van der Waals surface area contributed by atoms with Crippen LogP contribution < -0.4 is 16.2 Å². The molecule has 2 aromatic rings. The van der Waals surface area contributed by atoms with Crippen LogP contribution in [0, 0.1) is 0 Å². The molecule has 0 saturated carbocycles. The lowest BCUT2D eigenvalue weighted by atomic mass is 10.3. The quantitative estimate of drug-likeness (QED) is 0.446. The van der Waals surface area contributed by atoms with E-state index in [2.05, 4.69) is 10.3 Å². The Hall–Kier alpha value is -2.77. The number of nitrogens with two attached hydrogens (primary N) is 2. The molecule has 0 aliphatic heterocycles. The van der Waals surface area contributed by atoms with E-state index in [1.54, 1.807) is 31.2 Å². The van der Waals surface area contributed by atoms with Gasteiger partial charge in [-0.25, -0.2) is 9.48 Å². The Labute approximate surface area is 128 Å². The van der Waals surface area contributed by atoms with Crippen LogP contribution in [0.4, 0.5) is 11.5 Å². The molecule has 8 nitrogen and oxygen atoms in total. The first-order valence-electron chi connectivity index (χ1n) is 6.96. The summed E-state index contributed by atoms with van der Waals surface area (Å²) in [7, 11) is 0. The largest absolute Gasteiger partial charge is 0.494 e. The molecule has 22 heavy (non-hydrogen) atoms. The standard InChI is InChI=1S/C14H19N5O3/c1-2-21-14(20)12-13(16)19(18-17-12)8-3-9-22-11-6-4-10(15)5-7-11/h4-7H,2-3,8-9,15-16H2,1H3. The summed E-state index contributed by atoms with van der Waals surface area (Å²) >= 11 is 0. The van der Waals surface area contributed by atoms with E-state index in [-0.39, 0.29) is 18.1 Å². The van der Waals surface area contributed by atoms with Gasteiger partial charge in [-0.1, -0.05) is 5.21 Å². The van der Waals surface area contributed by atoms with Crippen molar-refractivity contribution < 1.29 is 14.3 Å². The summed E-state index contributed by atoms with van der Waals surface area (Å²) in [6.45, 7) is 2.96.